The number of fused-ring (bicyclic) bond motifs is 3. The van der Waals surface area contributed by atoms with E-state index in [4.69, 9.17) is 5.73 Å². The van der Waals surface area contributed by atoms with Gasteiger partial charge in [0, 0.05) is 26.1 Å². The van der Waals surface area contributed by atoms with E-state index in [0.29, 0.717) is 6.17 Å². The van der Waals surface area contributed by atoms with E-state index in [-0.39, 0.29) is 0 Å². The normalized spacial score (nSPS) is 40.6. The van der Waals surface area contributed by atoms with Crippen LogP contribution in [0.15, 0.2) is 0 Å². The van der Waals surface area contributed by atoms with Crippen LogP contribution in [0.1, 0.15) is 19.8 Å². The van der Waals surface area contributed by atoms with Gasteiger partial charge in [-0.1, -0.05) is 6.92 Å². The Morgan fingerprint density at radius 1 is 1.23 bits per heavy atom. The fourth-order valence-corrected chi connectivity index (χ4v) is 2.76. The number of nitrogens with zero attached hydrogens (tertiary/aromatic N) is 2. The molecule has 76 valence electrons. The van der Waals surface area contributed by atoms with Crippen LogP contribution in [0, 0.1) is 0 Å². The molecule has 3 heterocycles. The molecule has 0 amide bonds. The molecule has 0 aromatic carbocycles. The van der Waals surface area contributed by atoms with Crippen LogP contribution < -0.4 is 5.73 Å². The molecular weight excluding hydrogens is 162 g/mol. The summed E-state index contributed by atoms with van der Waals surface area (Å²) in [5, 5.41) is 0. The van der Waals surface area contributed by atoms with Crippen LogP contribution in [0.4, 0.5) is 0 Å². The number of hydrogen-bond donors (Lipinski definition) is 1. The van der Waals surface area contributed by atoms with Crippen LogP contribution in [-0.2, 0) is 0 Å². The molecule has 3 saturated heterocycles. The number of piperazine rings is 3. The summed E-state index contributed by atoms with van der Waals surface area (Å²) in [5.41, 5.74) is 6.28. The van der Waals surface area contributed by atoms with Gasteiger partial charge in [-0.2, -0.15) is 0 Å². The maximum absolute atomic E-state index is 6.28. The Morgan fingerprint density at radius 2 is 1.77 bits per heavy atom. The first-order valence-corrected chi connectivity index (χ1v) is 5.60. The lowest BCUT2D eigenvalue weighted by Crippen LogP contribution is -2.72. The van der Waals surface area contributed by atoms with Crippen molar-refractivity contribution < 1.29 is 4.48 Å². The summed E-state index contributed by atoms with van der Waals surface area (Å²) in [5.74, 6) is 0. The summed E-state index contributed by atoms with van der Waals surface area (Å²) >= 11 is 0. The highest BCUT2D eigenvalue weighted by Gasteiger charge is 2.41. The van der Waals surface area contributed by atoms with Gasteiger partial charge in [0.15, 0.2) is 0 Å². The van der Waals surface area contributed by atoms with E-state index in [1.165, 1.54) is 56.6 Å². The lowest BCUT2D eigenvalue weighted by molar-refractivity contribution is -0.963. The minimum atomic E-state index is 0.410. The lowest BCUT2D eigenvalue weighted by Gasteiger charge is -2.53. The van der Waals surface area contributed by atoms with Gasteiger partial charge < -0.3 is 4.48 Å². The third kappa shape index (κ3) is 1.60. The van der Waals surface area contributed by atoms with E-state index < -0.39 is 0 Å². The minimum absolute atomic E-state index is 0.410. The second-order valence-electron chi connectivity index (χ2n) is 4.59. The molecule has 3 fully saturated rings. The lowest BCUT2D eigenvalue weighted by atomic mass is 10.1. The van der Waals surface area contributed by atoms with Crippen molar-refractivity contribution in [1.82, 2.24) is 4.90 Å². The van der Waals surface area contributed by atoms with E-state index in [9.17, 15) is 0 Å². The topological polar surface area (TPSA) is 29.3 Å². The zero-order chi connectivity index (χ0) is 9.31. The molecule has 2 bridgehead atoms. The molecule has 3 rings (SSSR count). The van der Waals surface area contributed by atoms with Crippen LogP contribution >= 0.6 is 0 Å². The van der Waals surface area contributed by atoms with Crippen molar-refractivity contribution in [3.8, 4) is 0 Å². The van der Waals surface area contributed by atoms with Crippen molar-refractivity contribution in [3.05, 3.63) is 0 Å². The zero-order valence-electron chi connectivity index (χ0n) is 8.71. The average Bonchev–Trinajstić information content (AvgIpc) is 2.21. The highest BCUT2D eigenvalue weighted by molar-refractivity contribution is 4.72. The third-order valence-electron chi connectivity index (χ3n) is 3.87. The quantitative estimate of drug-likeness (QED) is 0.636. The smallest absolute Gasteiger partial charge is 0.140 e. The summed E-state index contributed by atoms with van der Waals surface area (Å²) in [7, 11) is 0. The van der Waals surface area contributed by atoms with Crippen LogP contribution in [0.25, 0.3) is 0 Å². The molecule has 3 heteroatoms. The molecule has 0 aliphatic carbocycles. The van der Waals surface area contributed by atoms with Gasteiger partial charge in [0.2, 0.25) is 0 Å². The summed E-state index contributed by atoms with van der Waals surface area (Å²) in [4.78, 5) is 2.57. The Labute approximate surface area is 81.1 Å². The second kappa shape index (κ2) is 3.56. The Hall–Kier alpha value is -0.120. The van der Waals surface area contributed by atoms with Gasteiger partial charge in [-0.15, -0.1) is 0 Å². The molecule has 1 unspecified atom stereocenters. The average molecular weight is 184 g/mol. The van der Waals surface area contributed by atoms with E-state index in [0.717, 1.165) is 0 Å². The summed E-state index contributed by atoms with van der Waals surface area (Å²) in [6.07, 6.45) is 2.83. The van der Waals surface area contributed by atoms with E-state index in [1.54, 1.807) is 0 Å². The van der Waals surface area contributed by atoms with Crippen molar-refractivity contribution in [3.63, 3.8) is 0 Å². The predicted octanol–water partition coefficient (Wildman–Crippen LogP) is 0.217. The van der Waals surface area contributed by atoms with Crippen molar-refractivity contribution in [1.29, 1.82) is 0 Å². The largest absolute Gasteiger partial charge is 0.306 e. The highest BCUT2D eigenvalue weighted by Crippen LogP contribution is 2.23. The molecule has 3 nitrogen and oxygen atoms in total. The van der Waals surface area contributed by atoms with Crippen LogP contribution in [-0.4, -0.2) is 54.8 Å². The van der Waals surface area contributed by atoms with Crippen molar-refractivity contribution in [2.45, 2.75) is 25.9 Å². The zero-order valence-corrected chi connectivity index (χ0v) is 8.71. The van der Waals surface area contributed by atoms with E-state index in [2.05, 4.69) is 11.8 Å². The highest BCUT2D eigenvalue weighted by atomic mass is 15.5. The Balaban J connectivity index is 2.01. The monoisotopic (exact) mass is 184 g/mol. The summed E-state index contributed by atoms with van der Waals surface area (Å²) < 4.78 is 1.21. The van der Waals surface area contributed by atoms with Crippen LogP contribution in [0.5, 0.6) is 0 Å². The predicted molar refractivity (Wildman–Crippen MR) is 54.2 cm³/mol. The number of quaternary nitrogens is 1. The van der Waals surface area contributed by atoms with Crippen LogP contribution in [0.2, 0.25) is 0 Å². The molecule has 1 atom stereocenters. The second-order valence-corrected chi connectivity index (χ2v) is 4.59. The van der Waals surface area contributed by atoms with Gasteiger partial charge in [-0.05, 0) is 6.42 Å². The van der Waals surface area contributed by atoms with Gasteiger partial charge in [-0.3, -0.25) is 10.6 Å². The number of nitrogens with two attached hydrogens (primary N) is 1. The number of hydrogen-bond acceptors (Lipinski definition) is 2. The fourth-order valence-electron chi connectivity index (χ4n) is 2.76. The van der Waals surface area contributed by atoms with Gasteiger partial charge in [-0.25, -0.2) is 0 Å². The van der Waals surface area contributed by atoms with Crippen molar-refractivity contribution in [2.75, 3.05) is 39.3 Å². The first-order chi connectivity index (χ1) is 6.27. The SMILES string of the molecule is CCCC(N)[N+]12CCN(CC1)CC2. The Morgan fingerprint density at radius 3 is 2.23 bits per heavy atom. The first-order valence-electron chi connectivity index (χ1n) is 5.60. The van der Waals surface area contributed by atoms with Crippen molar-refractivity contribution >= 4 is 0 Å². The molecule has 3 aliphatic heterocycles. The molecule has 0 saturated carbocycles. The molecule has 0 aromatic heterocycles. The van der Waals surface area contributed by atoms with Gasteiger partial charge in [0.25, 0.3) is 0 Å². The van der Waals surface area contributed by atoms with Crippen LogP contribution in [0.3, 0.4) is 0 Å². The molecule has 0 spiro atoms. The van der Waals surface area contributed by atoms with Crippen molar-refractivity contribution in [2.24, 2.45) is 5.73 Å². The molecule has 0 aromatic rings. The molecular formula is C10H22N3+. The molecule has 3 aliphatic rings. The minimum Gasteiger partial charge on any atom is -0.306 e. The molecule has 13 heavy (non-hydrogen) atoms. The Bertz CT molecular complexity index is 159. The molecule has 2 N–H and O–H groups in total. The first kappa shape index (κ1) is 9.44. The fraction of sp³-hybridized carbons (Fsp3) is 1.00. The third-order valence-corrected chi connectivity index (χ3v) is 3.87. The maximum Gasteiger partial charge on any atom is 0.140 e. The van der Waals surface area contributed by atoms with E-state index in [1.807, 2.05) is 0 Å². The van der Waals surface area contributed by atoms with Gasteiger partial charge in [0.05, 0.1) is 19.6 Å². The maximum atomic E-state index is 6.28. The summed E-state index contributed by atoms with van der Waals surface area (Å²) in [6.45, 7) is 9.94. The van der Waals surface area contributed by atoms with Gasteiger partial charge >= 0.3 is 0 Å². The summed E-state index contributed by atoms with van der Waals surface area (Å²) in [6, 6.07) is 0. The van der Waals surface area contributed by atoms with Gasteiger partial charge in [0.1, 0.15) is 6.17 Å². The Kier molecular flexibility index (Phi) is 2.58. The molecule has 0 radical (unpaired) electrons. The number of rotatable bonds is 3. The standard InChI is InChI=1S/C10H22N3/c1-2-3-10(11)13-7-4-12(5-8-13)6-9-13/h10H,2-9,11H2,1H3/q+1. The van der Waals surface area contributed by atoms with E-state index >= 15 is 0 Å².